The second-order valence-electron chi connectivity index (χ2n) is 4.88. The molecule has 1 aromatic heterocycles. The van der Waals surface area contributed by atoms with Crippen LogP contribution in [-0.2, 0) is 10.0 Å². The summed E-state index contributed by atoms with van der Waals surface area (Å²) in [5.74, 6) is 0. The largest absolute Gasteiger partial charge is 0.273 e. The van der Waals surface area contributed by atoms with Crippen LogP contribution in [0.25, 0.3) is 10.8 Å². The highest BCUT2D eigenvalue weighted by atomic mass is 32.2. The predicted molar refractivity (Wildman–Crippen MR) is 77.5 cm³/mol. The van der Waals surface area contributed by atoms with Gasteiger partial charge in [0.15, 0.2) is 5.03 Å². The van der Waals surface area contributed by atoms with E-state index in [2.05, 4.69) is 10.4 Å². The molecule has 3 rings (SSSR count). The first-order chi connectivity index (χ1) is 9.69. The van der Waals surface area contributed by atoms with Gasteiger partial charge in [-0.15, -0.1) is 4.41 Å². The van der Waals surface area contributed by atoms with Crippen molar-refractivity contribution in [3.63, 3.8) is 0 Å². The normalized spacial score (nSPS) is 18.0. The number of benzene rings is 1. The lowest BCUT2D eigenvalue weighted by atomic mass is 10.2. The van der Waals surface area contributed by atoms with Crippen LogP contribution in [0, 0.1) is 0 Å². The molecule has 1 aliphatic rings. The van der Waals surface area contributed by atoms with Crippen molar-refractivity contribution in [2.24, 2.45) is 0 Å². The molecule has 0 unspecified atom stereocenters. The van der Waals surface area contributed by atoms with Crippen LogP contribution in [0.2, 0.25) is 0 Å². The minimum atomic E-state index is -3.60. The molecule has 0 radical (unpaired) electrons. The molecule has 0 spiro atoms. The quantitative estimate of drug-likeness (QED) is 0.918. The molecule has 5 nitrogen and oxygen atoms in total. The molecule has 106 valence electrons. The molecular formula is C14H17N3O2S. The van der Waals surface area contributed by atoms with E-state index in [9.17, 15) is 8.42 Å². The second-order valence-corrected chi connectivity index (χ2v) is 6.66. The fourth-order valence-corrected chi connectivity index (χ4v) is 3.94. The van der Waals surface area contributed by atoms with Crippen molar-refractivity contribution in [1.29, 1.82) is 0 Å². The van der Waals surface area contributed by atoms with E-state index in [1.807, 2.05) is 24.3 Å². The Morgan fingerprint density at radius 3 is 2.85 bits per heavy atom. The Morgan fingerprint density at radius 2 is 1.95 bits per heavy atom. The molecule has 1 fully saturated rings. The number of sulfonamides is 1. The molecule has 0 bridgehead atoms. The van der Waals surface area contributed by atoms with Gasteiger partial charge in [-0.3, -0.25) is 0 Å². The van der Waals surface area contributed by atoms with E-state index >= 15 is 0 Å². The van der Waals surface area contributed by atoms with E-state index in [-0.39, 0.29) is 5.03 Å². The predicted octanol–water partition coefficient (Wildman–Crippen LogP) is 1.91. The van der Waals surface area contributed by atoms with Crippen LogP contribution in [-0.4, -0.2) is 30.9 Å². The molecule has 1 aliphatic heterocycles. The monoisotopic (exact) mass is 291 g/mol. The Hall–Kier alpha value is -1.50. The van der Waals surface area contributed by atoms with Gasteiger partial charge in [0.1, 0.15) is 0 Å². The van der Waals surface area contributed by atoms with Crippen molar-refractivity contribution < 1.29 is 8.42 Å². The smallest absolute Gasteiger partial charge is 0.243 e. The molecule has 0 atom stereocenters. The average molecular weight is 291 g/mol. The van der Waals surface area contributed by atoms with E-state index in [1.165, 1.54) is 4.41 Å². The van der Waals surface area contributed by atoms with Gasteiger partial charge in [-0.25, -0.2) is 18.8 Å². The summed E-state index contributed by atoms with van der Waals surface area (Å²) >= 11 is 0. The summed E-state index contributed by atoms with van der Waals surface area (Å²) in [5, 5.41) is 1.68. The number of nitrogens with zero attached hydrogens (tertiary/aromatic N) is 2. The molecule has 6 heteroatoms. The lowest BCUT2D eigenvalue weighted by molar-refractivity contribution is 0.335. The van der Waals surface area contributed by atoms with Gasteiger partial charge in [0.05, 0.1) is 0 Å². The van der Waals surface area contributed by atoms with E-state index in [0.717, 1.165) is 24.6 Å². The van der Waals surface area contributed by atoms with Gasteiger partial charge in [-0.05, 0) is 24.3 Å². The Morgan fingerprint density at radius 1 is 1.10 bits per heavy atom. The minimum Gasteiger partial charge on any atom is -0.243 e. The van der Waals surface area contributed by atoms with E-state index in [0.29, 0.717) is 18.5 Å². The van der Waals surface area contributed by atoms with Crippen LogP contribution in [0.1, 0.15) is 19.3 Å². The number of aromatic nitrogens is 1. The van der Waals surface area contributed by atoms with Crippen LogP contribution in [0.3, 0.4) is 0 Å². The summed E-state index contributed by atoms with van der Waals surface area (Å²) in [4.78, 5) is 4.11. The van der Waals surface area contributed by atoms with Crippen LogP contribution in [0.4, 0.5) is 0 Å². The number of hydrogen-bond donors (Lipinski definition) is 1. The van der Waals surface area contributed by atoms with Gasteiger partial charge >= 0.3 is 0 Å². The van der Waals surface area contributed by atoms with Crippen LogP contribution in [0.5, 0.6) is 0 Å². The van der Waals surface area contributed by atoms with Crippen molar-refractivity contribution >= 4 is 20.8 Å². The first-order valence-electron chi connectivity index (χ1n) is 6.79. The Bertz CT molecular complexity index is 702. The minimum absolute atomic E-state index is 0.130. The first kappa shape index (κ1) is 13.5. The molecule has 2 aromatic rings. The summed E-state index contributed by atoms with van der Waals surface area (Å²) in [6, 6.07) is 9.24. The standard InChI is InChI=1S/C14H17N3O2S/c18-20(19,17-11-5-1-4-9-16-17)14-13-7-3-2-6-12(13)8-10-15-14/h2-3,6-8,10,16H,1,4-5,9,11H2. The summed E-state index contributed by atoms with van der Waals surface area (Å²) in [6.45, 7) is 1.18. The van der Waals surface area contributed by atoms with Gasteiger partial charge in [0, 0.05) is 24.7 Å². The zero-order valence-electron chi connectivity index (χ0n) is 11.1. The van der Waals surface area contributed by atoms with Gasteiger partial charge in [0.2, 0.25) is 0 Å². The molecule has 0 amide bonds. The maximum absolute atomic E-state index is 12.8. The van der Waals surface area contributed by atoms with E-state index in [4.69, 9.17) is 0 Å². The average Bonchev–Trinajstić information content (AvgIpc) is 2.76. The third-order valence-corrected chi connectivity index (χ3v) is 5.20. The van der Waals surface area contributed by atoms with Gasteiger partial charge in [-0.2, -0.15) is 0 Å². The summed E-state index contributed by atoms with van der Waals surface area (Å²) in [5.41, 5.74) is 2.99. The highest BCUT2D eigenvalue weighted by Crippen LogP contribution is 2.23. The van der Waals surface area contributed by atoms with Gasteiger partial charge in [0.25, 0.3) is 10.0 Å². The lowest BCUT2D eigenvalue weighted by Crippen LogP contribution is -2.42. The Kier molecular flexibility index (Phi) is 3.69. The number of hydrazine groups is 1. The fraction of sp³-hybridized carbons (Fsp3) is 0.357. The second kappa shape index (κ2) is 5.47. The van der Waals surface area contributed by atoms with E-state index < -0.39 is 10.0 Å². The number of hydrogen-bond acceptors (Lipinski definition) is 4. The molecule has 20 heavy (non-hydrogen) atoms. The third kappa shape index (κ3) is 2.42. The maximum atomic E-state index is 12.8. The summed E-state index contributed by atoms with van der Waals surface area (Å²) in [7, 11) is -3.60. The number of fused-ring (bicyclic) bond motifs is 1. The Labute approximate surface area is 118 Å². The third-order valence-electron chi connectivity index (χ3n) is 3.50. The van der Waals surface area contributed by atoms with Crippen molar-refractivity contribution in [3.8, 4) is 0 Å². The number of nitrogens with one attached hydrogen (secondary N) is 1. The van der Waals surface area contributed by atoms with Crippen LogP contribution >= 0.6 is 0 Å². The zero-order chi connectivity index (χ0) is 14.0. The lowest BCUT2D eigenvalue weighted by Gasteiger charge is -2.20. The van der Waals surface area contributed by atoms with Crippen LogP contribution < -0.4 is 5.43 Å². The Balaban J connectivity index is 2.09. The molecule has 1 saturated heterocycles. The fourth-order valence-electron chi connectivity index (χ4n) is 2.45. The highest BCUT2D eigenvalue weighted by molar-refractivity contribution is 7.89. The van der Waals surface area contributed by atoms with Crippen molar-refractivity contribution in [2.45, 2.75) is 24.3 Å². The van der Waals surface area contributed by atoms with Crippen LogP contribution in [0.15, 0.2) is 41.6 Å². The molecule has 2 heterocycles. The number of rotatable bonds is 2. The van der Waals surface area contributed by atoms with E-state index in [1.54, 1.807) is 12.3 Å². The first-order valence-corrected chi connectivity index (χ1v) is 8.23. The summed E-state index contributed by atoms with van der Waals surface area (Å²) in [6.07, 6.45) is 4.46. The van der Waals surface area contributed by atoms with Gasteiger partial charge in [-0.1, -0.05) is 30.7 Å². The molecule has 0 saturated carbocycles. The summed E-state index contributed by atoms with van der Waals surface area (Å²) < 4.78 is 26.9. The van der Waals surface area contributed by atoms with Gasteiger partial charge < -0.3 is 0 Å². The van der Waals surface area contributed by atoms with Crippen molar-refractivity contribution in [3.05, 3.63) is 36.5 Å². The molecular weight excluding hydrogens is 274 g/mol. The highest BCUT2D eigenvalue weighted by Gasteiger charge is 2.28. The molecule has 1 aromatic carbocycles. The van der Waals surface area contributed by atoms with Crippen molar-refractivity contribution in [2.75, 3.05) is 13.1 Å². The molecule has 0 aliphatic carbocycles. The van der Waals surface area contributed by atoms with Crippen molar-refractivity contribution in [1.82, 2.24) is 14.8 Å². The SMILES string of the molecule is O=S(=O)(c1nccc2ccccc12)N1CCCCCN1. The maximum Gasteiger partial charge on any atom is 0.273 e. The topological polar surface area (TPSA) is 62.3 Å². The number of pyridine rings is 1. The zero-order valence-corrected chi connectivity index (χ0v) is 11.9. The molecule has 1 N–H and O–H groups in total.